The van der Waals surface area contributed by atoms with Crippen molar-refractivity contribution in [3.63, 3.8) is 0 Å². The minimum absolute atomic E-state index is 0.0391. The van der Waals surface area contributed by atoms with E-state index in [9.17, 15) is 15.0 Å². The molecule has 1 unspecified atom stereocenters. The van der Waals surface area contributed by atoms with Gasteiger partial charge in [0.2, 0.25) is 0 Å². The average Bonchev–Trinajstić information content (AvgIpc) is 2.68. The third-order valence-electron chi connectivity index (χ3n) is 2.80. The van der Waals surface area contributed by atoms with Crippen molar-refractivity contribution in [3.8, 4) is 0 Å². The Hall–Kier alpha value is -2.13. The van der Waals surface area contributed by atoms with Crippen LogP contribution in [0, 0.1) is 0 Å². The van der Waals surface area contributed by atoms with E-state index in [1.165, 1.54) is 12.3 Å². The number of hydrogen-bond acceptors (Lipinski definition) is 7. The van der Waals surface area contributed by atoms with Gasteiger partial charge in [-0.05, 0) is 11.6 Å². The van der Waals surface area contributed by atoms with E-state index >= 15 is 0 Å². The van der Waals surface area contributed by atoms with Gasteiger partial charge in [0.25, 0.3) is 0 Å². The van der Waals surface area contributed by atoms with Crippen molar-refractivity contribution in [2.24, 2.45) is 5.11 Å². The molecule has 1 fully saturated rings. The molecular weight excluding hydrogens is 256 g/mol. The van der Waals surface area contributed by atoms with Gasteiger partial charge in [-0.3, -0.25) is 4.57 Å². The summed E-state index contributed by atoms with van der Waals surface area (Å²) in [7, 11) is 0. The lowest BCUT2D eigenvalue weighted by Gasteiger charge is -2.21. The van der Waals surface area contributed by atoms with Crippen molar-refractivity contribution in [1.29, 1.82) is 0 Å². The van der Waals surface area contributed by atoms with Gasteiger partial charge in [0, 0.05) is 17.5 Å². The van der Waals surface area contributed by atoms with Crippen LogP contribution in [0.15, 0.2) is 22.2 Å². The largest absolute Gasteiger partial charge is 0.393 e. The monoisotopic (exact) mass is 268 g/mol. The predicted molar refractivity (Wildman–Crippen MR) is 62.6 cm³/mol. The molecule has 10 heteroatoms. The fourth-order valence-corrected chi connectivity index (χ4v) is 1.92. The lowest BCUT2D eigenvalue weighted by molar-refractivity contribution is -0.107. The molecule has 2 rings (SSSR count). The lowest BCUT2D eigenvalue weighted by atomic mass is 10.1. The number of anilines is 1. The molecular formula is C9H12N6O4. The zero-order valence-corrected chi connectivity index (χ0v) is 9.75. The first-order valence-corrected chi connectivity index (χ1v) is 5.39. The summed E-state index contributed by atoms with van der Waals surface area (Å²) in [5.41, 5.74) is 11.5. The van der Waals surface area contributed by atoms with Crippen LogP contribution >= 0.6 is 0 Å². The summed E-state index contributed by atoms with van der Waals surface area (Å²) in [5.74, 6) is 0.0391. The van der Waals surface area contributed by atoms with Crippen LogP contribution in [0.4, 0.5) is 5.82 Å². The molecule has 0 amide bonds. The quantitative estimate of drug-likeness (QED) is 0.366. The van der Waals surface area contributed by atoms with Crippen LogP contribution in [-0.4, -0.2) is 38.2 Å². The van der Waals surface area contributed by atoms with Gasteiger partial charge in [0.15, 0.2) is 12.0 Å². The van der Waals surface area contributed by atoms with Crippen LogP contribution in [0.25, 0.3) is 10.4 Å². The Kier molecular flexibility index (Phi) is 3.40. The summed E-state index contributed by atoms with van der Waals surface area (Å²) in [5, 5.41) is 22.4. The van der Waals surface area contributed by atoms with Gasteiger partial charge in [0.05, 0.1) is 6.61 Å². The molecule has 1 saturated heterocycles. The molecule has 2 heterocycles. The molecule has 0 aromatic carbocycles. The zero-order valence-electron chi connectivity index (χ0n) is 9.75. The van der Waals surface area contributed by atoms with Crippen molar-refractivity contribution in [2.45, 2.75) is 24.5 Å². The van der Waals surface area contributed by atoms with Crippen molar-refractivity contribution in [1.82, 2.24) is 9.55 Å². The summed E-state index contributed by atoms with van der Waals surface area (Å²) in [6, 6.07) is 1.37. The molecule has 1 aliphatic rings. The van der Waals surface area contributed by atoms with Gasteiger partial charge in [-0.2, -0.15) is 4.98 Å². The van der Waals surface area contributed by atoms with E-state index in [1.54, 1.807) is 0 Å². The number of rotatable bonds is 3. The molecule has 0 radical (unpaired) electrons. The van der Waals surface area contributed by atoms with Gasteiger partial charge in [-0.1, -0.05) is 5.11 Å². The van der Waals surface area contributed by atoms with Crippen LogP contribution in [0.3, 0.4) is 0 Å². The molecule has 1 aromatic heterocycles. The highest BCUT2D eigenvalue weighted by Crippen LogP contribution is 2.37. The topological polar surface area (TPSA) is 159 Å². The summed E-state index contributed by atoms with van der Waals surface area (Å²) < 4.78 is 6.34. The third kappa shape index (κ3) is 2.37. The van der Waals surface area contributed by atoms with Crippen molar-refractivity contribution in [3.05, 3.63) is 33.2 Å². The van der Waals surface area contributed by atoms with E-state index in [2.05, 4.69) is 15.0 Å². The molecule has 102 valence electrons. The fraction of sp³-hybridized carbons (Fsp3) is 0.556. The van der Waals surface area contributed by atoms with Gasteiger partial charge < -0.3 is 20.7 Å². The van der Waals surface area contributed by atoms with Gasteiger partial charge >= 0.3 is 5.69 Å². The van der Waals surface area contributed by atoms with Crippen LogP contribution in [0.5, 0.6) is 0 Å². The molecule has 1 aliphatic heterocycles. The minimum Gasteiger partial charge on any atom is -0.393 e. The van der Waals surface area contributed by atoms with E-state index in [0.717, 1.165) is 4.57 Å². The SMILES string of the molecule is [N-]=[N+]=NC1(CO)C[C@@H](O)[C@H](n2ccc(N)nc2=O)O1. The average molecular weight is 268 g/mol. The molecule has 0 spiro atoms. The number of ether oxygens (including phenoxy) is 1. The molecule has 19 heavy (non-hydrogen) atoms. The zero-order chi connectivity index (χ0) is 14.0. The van der Waals surface area contributed by atoms with E-state index in [1.807, 2.05) is 0 Å². The highest BCUT2D eigenvalue weighted by molar-refractivity contribution is 5.23. The molecule has 10 nitrogen and oxygen atoms in total. The molecule has 3 atom stereocenters. The molecule has 0 bridgehead atoms. The summed E-state index contributed by atoms with van der Waals surface area (Å²) in [6.45, 7) is -0.609. The summed E-state index contributed by atoms with van der Waals surface area (Å²) in [6.07, 6.45) is -1.05. The maximum Gasteiger partial charge on any atom is 0.351 e. The second kappa shape index (κ2) is 4.86. The first-order chi connectivity index (χ1) is 9.01. The normalized spacial score (nSPS) is 30.0. The molecule has 0 saturated carbocycles. The highest BCUT2D eigenvalue weighted by atomic mass is 16.6. The summed E-state index contributed by atoms with van der Waals surface area (Å²) in [4.78, 5) is 17.7. The van der Waals surface area contributed by atoms with Crippen LogP contribution in [0.2, 0.25) is 0 Å². The lowest BCUT2D eigenvalue weighted by Crippen LogP contribution is -2.33. The third-order valence-corrected chi connectivity index (χ3v) is 2.80. The van der Waals surface area contributed by atoms with Gasteiger partial charge in [-0.15, -0.1) is 0 Å². The second-order valence-corrected chi connectivity index (χ2v) is 4.12. The Morgan fingerprint density at radius 1 is 1.79 bits per heavy atom. The van der Waals surface area contributed by atoms with Crippen LogP contribution < -0.4 is 11.4 Å². The van der Waals surface area contributed by atoms with Gasteiger partial charge in [0.1, 0.15) is 11.9 Å². The fourth-order valence-electron chi connectivity index (χ4n) is 1.92. The van der Waals surface area contributed by atoms with Gasteiger partial charge in [-0.25, -0.2) is 4.79 Å². The number of aromatic nitrogens is 2. The maximum atomic E-state index is 11.6. The predicted octanol–water partition coefficient (Wildman–Crippen LogP) is -0.896. The smallest absolute Gasteiger partial charge is 0.351 e. The number of nitrogen functional groups attached to an aromatic ring is 1. The minimum atomic E-state index is -1.58. The first-order valence-electron chi connectivity index (χ1n) is 5.39. The van der Waals surface area contributed by atoms with Crippen LogP contribution in [-0.2, 0) is 4.74 Å². The molecule has 4 N–H and O–H groups in total. The van der Waals surface area contributed by atoms with E-state index in [4.69, 9.17) is 16.0 Å². The Labute approximate surface area is 106 Å². The number of azide groups is 1. The van der Waals surface area contributed by atoms with Crippen molar-refractivity contribution in [2.75, 3.05) is 12.3 Å². The Morgan fingerprint density at radius 3 is 3.11 bits per heavy atom. The molecule has 1 aromatic rings. The van der Waals surface area contributed by atoms with Crippen LogP contribution in [0.1, 0.15) is 12.6 Å². The number of aliphatic hydroxyl groups is 2. The second-order valence-electron chi connectivity index (χ2n) is 4.12. The number of nitrogens with two attached hydrogens (primary N) is 1. The Bertz CT molecular complexity index is 582. The van der Waals surface area contributed by atoms with Crippen molar-refractivity contribution < 1.29 is 14.9 Å². The Morgan fingerprint density at radius 2 is 2.53 bits per heavy atom. The standard InChI is InChI=1S/C9H12N6O4/c10-6-1-2-15(8(18)12-6)7-5(17)3-9(4-16,19-7)13-14-11/h1-2,5,7,16-17H,3-4H2,(H2,10,12,18)/t5-,7-,9?/m1/s1. The van der Waals surface area contributed by atoms with E-state index in [0.29, 0.717) is 0 Å². The van der Waals surface area contributed by atoms with E-state index in [-0.39, 0.29) is 12.2 Å². The van der Waals surface area contributed by atoms with Crippen molar-refractivity contribution >= 4 is 5.82 Å². The van der Waals surface area contributed by atoms with E-state index < -0.39 is 30.4 Å². The summed E-state index contributed by atoms with van der Waals surface area (Å²) >= 11 is 0. The number of aliphatic hydroxyl groups excluding tert-OH is 2. The number of hydrogen-bond donors (Lipinski definition) is 3. The Balaban J connectivity index is 2.37. The number of nitrogens with zero attached hydrogens (tertiary/aromatic N) is 5. The maximum absolute atomic E-state index is 11.6. The highest BCUT2D eigenvalue weighted by Gasteiger charge is 2.46. The first kappa shape index (κ1) is 13.3. The molecule has 0 aliphatic carbocycles.